The number of hydrogen-bond acceptors (Lipinski definition) is 5. The van der Waals surface area contributed by atoms with Crippen LogP contribution in [0.4, 0.5) is 0 Å². The van der Waals surface area contributed by atoms with Gasteiger partial charge in [-0.1, -0.05) is 36.4 Å². The zero-order chi connectivity index (χ0) is 21.4. The van der Waals surface area contributed by atoms with Crippen molar-refractivity contribution in [3.8, 4) is 11.5 Å². The number of thiazole rings is 1. The Balaban J connectivity index is 1.27. The number of carbonyl (C=O) groups excluding carboxylic acids is 2. The summed E-state index contributed by atoms with van der Waals surface area (Å²) in [6.45, 7) is 0.390. The molecule has 7 nitrogen and oxygen atoms in total. The lowest BCUT2D eigenvalue weighted by Crippen LogP contribution is -2.26. The van der Waals surface area contributed by atoms with E-state index in [1.165, 1.54) is 11.3 Å². The molecular formula is C23H18N4O3S. The molecule has 0 bridgehead atoms. The molecule has 0 saturated heterocycles. The molecule has 0 fully saturated rings. The van der Waals surface area contributed by atoms with Crippen LogP contribution in [0.15, 0.2) is 70.6 Å². The van der Waals surface area contributed by atoms with Crippen LogP contribution in [0.2, 0.25) is 0 Å². The number of primary amides is 1. The maximum Gasteiger partial charge on any atom is 0.250 e. The fourth-order valence-corrected chi connectivity index (χ4v) is 4.30. The van der Waals surface area contributed by atoms with E-state index in [1.807, 2.05) is 60.0 Å². The quantitative estimate of drug-likeness (QED) is 0.426. The van der Waals surface area contributed by atoms with Crippen LogP contribution in [0.25, 0.3) is 33.3 Å². The van der Waals surface area contributed by atoms with Crippen LogP contribution in [0.5, 0.6) is 0 Å². The molecule has 0 unspecified atom stereocenters. The number of nitrogens with two attached hydrogens (primary N) is 1. The second kappa shape index (κ2) is 7.73. The zero-order valence-corrected chi connectivity index (χ0v) is 17.2. The summed E-state index contributed by atoms with van der Waals surface area (Å²) in [5.41, 5.74) is 8.21. The van der Waals surface area contributed by atoms with Crippen molar-refractivity contribution in [2.75, 3.05) is 0 Å². The number of para-hydroxylation sites is 2. The van der Waals surface area contributed by atoms with Gasteiger partial charge in [0.15, 0.2) is 5.76 Å². The fourth-order valence-electron chi connectivity index (χ4n) is 3.57. The van der Waals surface area contributed by atoms with Crippen LogP contribution >= 0.6 is 11.3 Å². The van der Waals surface area contributed by atoms with Crippen molar-refractivity contribution in [3.63, 3.8) is 0 Å². The molecule has 5 aromatic rings. The number of amides is 2. The van der Waals surface area contributed by atoms with E-state index in [-0.39, 0.29) is 12.5 Å². The van der Waals surface area contributed by atoms with Crippen molar-refractivity contribution in [2.45, 2.75) is 13.1 Å². The van der Waals surface area contributed by atoms with Crippen LogP contribution in [0.1, 0.15) is 15.4 Å². The van der Waals surface area contributed by atoms with Crippen LogP contribution in [0.3, 0.4) is 0 Å². The molecule has 0 aliphatic carbocycles. The van der Waals surface area contributed by atoms with Crippen molar-refractivity contribution in [3.05, 3.63) is 76.7 Å². The van der Waals surface area contributed by atoms with E-state index in [0.717, 1.165) is 32.6 Å². The number of carbonyl (C=O) groups is 2. The summed E-state index contributed by atoms with van der Waals surface area (Å²) < 4.78 is 7.58. The molecule has 8 heteroatoms. The Hall–Kier alpha value is -3.91. The first-order valence-electron chi connectivity index (χ1n) is 9.66. The summed E-state index contributed by atoms with van der Waals surface area (Å²) >= 11 is 1.46. The lowest BCUT2D eigenvalue weighted by Gasteiger charge is -2.06. The van der Waals surface area contributed by atoms with Gasteiger partial charge in [-0.3, -0.25) is 9.59 Å². The Bertz CT molecular complexity index is 1400. The minimum atomic E-state index is -0.517. The average Bonchev–Trinajstić information content (AvgIpc) is 3.49. The van der Waals surface area contributed by atoms with E-state index in [4.69, 9.17) is 10.2 Å². The maximum atomic E-state index is 12.5. The summed E-state index contributed by atoms with van der Waals surface area (Å²) in [6.07, 6.45) is 1.62. The van der Waals surface area contributed by atoms with Crippen molar-refractivity contribution < 1.29 is 14.0 Å². The molecule has 3 heterocycles. The van der Waals surface area contributed by atoms with Crippen LogP contribution in [-0.2, 0) is 17.9 Å². The van der Waals surface area contributed by atoms with E-state index in [2.05, 4.69) is 10.3 Å². The van der Waals surface area contributed by atoms with Crippen molar-refractivity contribution >= 4 is 45.0 Å². The molecule has 5 rings (SSSR count). The number of hydrogen-bond donors (Lipinski definition) is 2. The Morgan fingerprint density at radius 3 is 2.77 bits per heavy atom. The standard InChI is InChI=1S/C23H18N4O3S/c24-23(29)16-11-27(18-7-3-2-6-15(16)18)12-21(28)25-10-22-26-17(13-31-22)20-9-14-5-1-4-8-19(14)30-20/h1-9,11,13H,10,12H2,(H2,24,29)(H,25,28). The molecule has 0 aliphatic rings. The van der Waals surface area contributed by atoms with Gasteiger partial charge in [0, 0.05) is 27.9 Å². The van der Waals surface area contributed by atoms with Crippen molar-refractivity contribution in [1.29, 1.82) is 0 Å². The van der Waals surface area contributed by atoms with Gasteiger partial charge < -0.3 is 20.0 Å². The fraction of sp³-hybridized carbons (Fsp3) is 0.0870. The largest absolute Gasteiger partial charge is 0.454 e. The normalized spacial score (nSPS) is 11.2. The Kier molecular flexibility index (Phi) is 4.76. The molecule has 2 amide bonds. The van der Waals surface area contributed by atoms with E-state index >= 15 is 0 Å². The summed E-state index contributed by atoms with van der Waals surface area (Å²) in [4.78, 5) is 28.8. The Morgan fingerprint density at radius 1 is 1.13 bits per heavy atom. The lowest BCUT2D eigenvalue weighted by atomic mass is 10.2. The maximum absolute atomic E-state index is 12.5. The highest BCUT2D eigenvalue weighted by Gasteiger charge is 2.15. The SMILES string of the molecule is NC(=O)c1cn(CC(=O)NCc2nc(-c3cc4ccccc4o3)cs2)c2ccccc12. The van der Waals surface area contributed by atoms with Crippen LogP contribution in [-0.4, -0.2) is 21.4 Å². The number of nitrogens with zero attached hydrogens (tertiary/aromatic N) is 2. The molecule has 0 atom stereocenters. The third-order valence-corrected chi connectivity index (χ3v) is 5.88. The molecule has 3 aromatic heterocycles. The molecule has 0 saturated carbocycles. The highest BCUT2D eigenvalue weighted by atomic mass is 32.1. The van der Waals surface area contributed by atoms with E-state index in [0.29, 0.717) is 17.9 Å². The van der Waals surface area contributed by atoms with E-state index in [9.17, 15) is 9.59 Å². The minimum absolute atomic E-state index is 0.0790. The second-order valence-corrected chi connectivity index (χ2v) is 8.05. The van der Waals surface area contributed by atoms with Gasteiger partial charge in [-0.2, -0.15) is 0 Å². The molecule has 154 valence electrons. The third kappa shape index (κ3) is 3.69. The number of rotatable bonds is 6. The van der Waals surface area contributed by atoms with Crippen molar-refractivity contribution in [2.24, 2.45) is 5.73 Å². The summed E-state index contributed by atoms with van der Waals surface area (Å²) in [7, 11) is 0. The predicted molar refractivity (Wildman–Crippen MR) is 120 cm³/mol. The number of nitrogens with one attached hydrogen (secondary N) is 1. The van der Waals surface area contributed by atoms with E-state index < -0.39 is 5.91 Å². The first-order valence-corrected chi connectivity index (χ1v) is 10.5. The summed E-state index contributed by atoms with van der Waals surface area (Å²) in [5, 5.41) is 7.33. The summed E-state index contributed by atoms with van der Waals surface area (Å²) in [6, 6.07) is 17.1. The van der Waals surface area contributed by atoms with Gasteiger partial charge >= 0.3 is 0 Å². The molecule has 0 radical (unpaired) electrons. The molecular weight excluding hydrogens is 412 g/mol. The average molecular weight is 430 g/mol. The number of benzene rings is 2. The molecule has 0 spiro atoms. The van der Waals surface area contributed by atoms with Gasteiger partial charge in [-0.05, 0) is 18.2 Å². The smallest absolute Gasteiger partial charge is 0.250 e. The highest BCUT2D eigenvalue weighted by Crippen LogP contribution is 2.28. The topological polar surface area (TPSA) is 103 Å². The van der Waals surface area contributed by atoms with Gasteiger partial charge in [0.2, 0.25) is 5.91 Å². The van der Waals surface area contributed by atoms with Crippen LogP contribution < -0.4 is 11.1 Å². The van der Waals surface area contributed by atoms with Gasteiger partial charge in [0.1, 0.15) is 22.8 Å². The monoisotopic (exact) mass is 430 g/mol. The Labute approximate surface area is 181 Å². The summed E-state index contributed by atoms with van der Waals surface area (Å²) in [5.74, 6) is 0.00124. The first-order chi connectivity index (χ1) is 15.1. The lowest BCUT2D eigenvalue weighted by molar-refractivity contribution is -0.121. The number of fused-ring (bicyclic) bond motifs is 2. The number of aromatic nitrogens is 2. The first kappa shape index (κ1) is 19.1. The third-order valence-electron chi connectivity index (χ3n) is 5.03. The van der Waals surface area contributed by atoms with Crippen molar-refractivity contribution in [1.82, 2.24) is 14.9 Å². The van der Waals surface area contributed by atoms with Gasteiger partial charge in [0.25, 0.3) is 5.91 Å². The zero-order valence-electron chi connectivity index (χ0n) is 16.4. The Morgan fingerprint density at radius 2 is 1.94 bits per heavy atom. The highest BCUT2D eigenvalue weighted by molar-refractivity contribution is 7.09. The predicted octanol–water partition coefficient (Wildman–Crippen LogP) is 3.93. The van der Waals surface area contributed by atoms with Gasteiger partial charge in [-0.25, -0.2) is 4.98 Å². The molecule has 2 aromatic carbocycles. The second-order valence-electron chi connectivity index (χ2n) is 7.10. The van der Waals surface area contributed by atoms with Gasteiger partial charge in [-0.15, -0.1) is 11.3 Å². The molecule has 0 aliphatic heterocycles. The van der Waals surface area contributed by atoms with E-state index in [1.54, 1.807) is 10.8 Å². The van der Waals surface area contributed by atoms with Gasteiger partial charge in [0.05, 0.1) is 12.1 Å². The minimum Gasteiger partial charge on any atom is -0.454 e. The number of furan rings is 1. The molecule has 31 heavy (non-hydrogen) atoms. The van der Waals surface area contributed by atoms with Crippen LogP contribution in [0, 0.1) is 0 Å². The molecule has 3 N–H and O–H groups in total.